The molecule has 0 unspecified atom stereocenters. The van der Waals surface area contributed by atoms with Crippen LogP contribution < -0.4 is 5.32 Å². The molecule has 0 bridgehead atoms. The van der Waals surface area contributed by atoms with E-state index in [1.54, 1.807) is 31.2 Å². The van der Waals surface area contributed by atoms with Gasteiger partial charge in [-0.25, -0.2) is 4.79 Å². The highest BCUT2D eigenvalue weighted by molar-refractivity contribution is 5.91. The number of amides is 2. The summed E-state index contributed by atoms with van der Waals surface area (Å²) in [7, 11) is 0. The van der Waals surface area contributed by atoms with Crippen LogP contribution in [0, 0.1) is 0 Å². The molecule has 2 amide bonds. The Kier molecular flexibility index (Phi) is 8.94. The minimum absolute atomic E-state index is 0.00184. The van der Waals surface area contributed by atoms with Gasteiger partial charge in [0.25, 0.3) is 0 Å². The maximum Gasteiger partial charge on any atom is 0.407 e. The van der Waals surface area contributed by atoms with Gasteiger partial charge in [-0.2, -0.15) is 0 Å². The number of ether oxygens (including phenoxy) is 2. The zero-order valence-electron chi connectivity index (χ0n) is 21.5. The van der Waals surface area contributed by atoms with E-state index in [1.807, 2.05) is 54.6 Å². The second-order valence-corrected chi connectivity index (χ2v) is 9.12. The molecule has 0 aliphatic heterocycles. The van der Waals surface area contributed by atoms with Gasteiger partial charge < -0.3 is 24.8 Å². The van der Waals surface area contributed by atoms with Crippen molar-refractivity contribution in [3.8, 4) is 11.1 Å². The molecule has 0 saturated carbocycles. The summed E-state index contributed by atoms with van der Waals surface area (Å²) in [5.74, 6) is -2.84. The average molecular weight is 531 g/mol. The fourth-order valence-corrected chi connectivity index (χ4v) is 4.68. The number of rotatable bonds is 11. The van der Waals surface area contributed by atoms with E-state index < -0.39 is 42.9 Å². The Bertz CT molecular complexity index is 1300. The number of nitrogens with one attached hydrogen (secondary N) is 1. The van der Waals surface area contributed by atoms with Crippen molar-refractivity contribution in [3.05, 3.63) is 95.6 Å². The normalized spacial score (nSPS) is 12.5. The van der Waals surface area contributed by atoms with Crippen LogP contribution in [0.5, 0.6) is 0 Å². The number of carbonyl (C=O) groups excluding carboxylic acids is 3. The molecule has 202 valence electrons. The van der Waals surface area contributed by atoms with Crippen molar-refractivity contribution >= 4 is 23.9 Å². The number of carboxylic acid groups (broad SMARTS) is 1. The predicted molar refractivity (Wildman–Crippen MR) is 143 cm³/mol. The topological polar surface area (TPSA) is 122 Å². The summed E-state index contributed by atoms with van der Waals surface area (Å²) in [6.45, 7) is 1.13. The molecule has 0 aromatic heterocycles. The average Bonchev–Trinajstić information content (AvgIpc) is 3.27. The van der Waals surface area contributed by atoms with Crippen LogP contribution in [-0.4, -0.2) is 59.7 Å². The Hall–Kier alpha value is -4.66. The number of esters is 1. The lowest BCUT2D eigenvalue weighted by atomic mass is 9.98. The number of carbonyl (C=O) groups is 4. The van der Waals surface area contributed by atoms with Crippen molar-refractivity contribution < 1.29 is 33.8 Å². The number of carboxylic acids is 1. The van der Waals surface area contributed by atoms with Gasteiger partial charge >= 0.3 is 18.0 Å². The molecule has 1 atom stereocenters. The molecule has 9 heteroatoms. The molecule has 39 heavy (non-hydrogen) atoms. The lowest BCUT2D eigenvalue weighted by Gasteiger charge is -2.25. The van der Waals surface area contributed by atoms with Gasteiger partial charge in [0.15, 0.2) is 0 Å². The van der Waals surface area contributed by atoms with Gasteiger partial charge in [-0.1, -0.05) is 78.9 Å². The number of hydrogen-bond donors (Lipinski definition) is 2. The molecule has 1 aliphatic rings. The third-order valence-electron chi connectivity index (χ3n) is 6.57. The lowest BCUT2D eigenvalue weighted by Crippen LogP contribution is -2.51. The molecular formula is C30H30N2O7. The smallest absolute Gasteiger partial charge is 0.407 e. The molecule has 0 spiro atoms. The predicted octanol–water partition coefficient (Wildman–Crippen LogP) is 3.96. The summed E-state index contributed by atoms with van der Waals surface area (Å²) >= 11 is 0. The third-order valence-corrected chi connectivity index (χ3v) is 6.57. The van der Waals surface area contributed by atoms with Gasteiger partial charge in [0, 0.05) is 12.5 Å². The highest BCUT2D eigenvalue weighted by Crippen LogP contribution is 2.44. The van der Waals surface area contributed by atoms with E-state index in [9.17, 15) is 24.3 Å². The first-order valence-electron chi connectivity index (χ1n) is 12.7. The van der Waals surface area contributed by atoms with Crippen molar-refractivity contribution in [2.45, 2.75) is 31.9 Å². The number of benzene rings is 3. The molecule has 0 fully saturated rings. The highest BCUT2D eigenvalue weighted by Gasteiger charge is 2.32. The van der Waals surface area contributed by atoms with E-state index in [-0.39, 0.29) is 25.7 Å². The molecule has 0 radical (unpaired) electrons. The number of nitrogens with zero attached hydrogens (tertiary/aromatic N) is 1. The van der Waals surface area contributed by atoms with Crippen LogP contribution in [-0.2, 0) is 30.5 Å². The summed E-state index contributed by atoms with van der Waals surface area (Å²) in [4.78, 5) is 50.9. The van der Waals surface area contributed by atoms with E-state index in [1.165, 1.54) is 0 Å². The van der Waals surface area contributed by atoms with E-state index in [4.69, 9.17) is 9.47 Å². The molecule has 0 saturated heterocycles. The molecule has 0 heterocycles. The number of likely N-dealkylation sites (N-methyl/N-ethyl adjacent to an activating group) is 1. The standard InChI is InChI=1S/C30H30N2O7/c1-2-32(17-27(33)34)29(36)26(16-28(35)38-18-20-10-4-3-5-11-20)31-30(37)39-19-25-23-14-8-6-12-21(23)22-13-7-9-15-24(22)25/h3-15,25-26H,2,16-19H2,1H3,(H,31,37)(H,33,34)/t26-/m0/s1. The second-order valence-electron chi connectivity index (χ2n) is 9.12. The van der Waals surface area contributed by atoms with Gasteiger partial charge in [0.1, 0.15) is 25.8 Å². The summed E-state index contributed by atoms with van der Waals surface area (Å²) in [6, 6.07) is 23.4. The molecule has 4 rings (SSSR count). The van der Waals surface area contributed by atoms with Gasteiger partial charge in [-0.3, -0.25) is 14.4 Å². The van der Waals surface area contributed by atoms with Crippen molar-refractivity contribution in [3.63, 3.8) is 0 Å². The van der Waals surface area contributed by atoms with Crippen LogP contribution in [0.15, 0.2) is 78.9 Å². The van der Waals surface area contributed by atoms with Crippen LogP contribution in [0.2, 0.25) is 0 Å². The van der Waals surface area contributed by atoms with Gasteiger partial charge in [0.2, 0.25) is 5.91 Å². The summed E-state index contributed by atoms with van der Waals surface area (Å²) in [5, 5.41) is 11.6. The van der Waals surface area contributed by atoms with E-state index in [0.29, 0.717) is 0 Å². The molecule has 1 aliphatic carbocycles. The number of fused-ring (bicyclic) bond motifs is 3. The summed E-state index contributed by atoms with van der Waals surface area (Å²) in [5.41, 5.74) is 4.97. The molecule has 3 aromatic rings. The Balaban J connectivity index is 1.43. The van der Waals surface area contributed by atoms with Crippen LogP contribution in [0.1, 0.15) is 36.0 Å². The Morgan fingerprint density at radius 3 is 2.05 bits per heavy atom. The van der Waals surface area contributed by atoms with Crippen LogP contribution in [0.25, 0.3) is 11.1 Å². The van der Waals surface area contributed by atoms with Crippen LogP contribution in [0.3, 0.4) is 0 Å². The van der Waals surface area contributed by atoms with Crippen molar-refractivity contribution in [2.24, 2.45) is 0 Å². The summed E-state index contributed by atoms with van der Waals surface area (Å²) < 4.78 is 10.8. The lowest BCUT2D eigenvalue weighted by molar-refractivity contribution is -0.149. The Labute approximate surface area is 226 Å². The van der Waals surface area contributed by atoms with Crippen molar-refractivity contribution in [1.82, 2.24) is 10.2 Å². The monoisotopic (exact) mass is 530 g/mol. The molecular weight excluding hydrogens is 500 g/mol. The third kappa shape index (κ3) is 6.81. The quantitative estimate of drug-likeness (QED) is 0.360. The zero-order valence-corrected chi connectivity index (χ0v) is 21.5. The molecule has 9 nitrogen and oxygen atoms in total. The van der Waals surface area contributed by atoms with Gasteiger partial charge in [-0.15, -0.1) is 0 Å². The van der Waals surface area contributed by atoms with Crippen molar-refractivity contribution in [1.29, 1.82) is 0 Å². The highest BCUT2D eigenvalue weighted by atomic mass is 16.5. The Morgan fingerprint density at radius 2 is 1.46 bits per heavy atom. The fourth-order valence-electron chi connectivity index (χ4n) is 4.68. The van der Waals surface area contributed by atoms with Gasteiger partial charge in [0.05, 0.1) is 6.42 Å². The zero-order chi connectivity index (χ0) is 27.8. The summed E-state index contributed by atoms with van der Waals surface area (Å²) in [6.07, 6.45) is -1.37. The number of aliphatic carboxylic acids is 1. The first kappa shape index (κ1) is 27.4. The van der Waals surface area contributed by atoms with E-state index >= 15 is 0 Å². The molecule has 3 aromatic carbocycles. The van der Waals surface area contributed by atoms with E-state index in [2.05, 4.69) is 5.32 Å². The maximum atomic E-state index is 13.1. The minimum atomic E-state index is -1.36. The van der Waals surface area contributed by atoms with Crippen LogP contribution >= 0.6 is 0 Å². The second kappa shape index (κ2) is 12.7. The first-order chi connectivity index (χ1) is 18.9. The SMILES string of the molecule is CCN(CC(=O)O)C(=O)[C@H](CC(=O)OCc1ccccc1)NC(=O)OCC1c2ccccc2-c2ccccc21. The maximum absolute atomic E-state index is 13.1. The largest absolute Gasteiger partial charge is 0.480 e. The minimum Gasteiger partial charge on any atom is -0.480 e. The Morgan fingerprint density at radius 1 is 0.872 bits per heavy atom. The molecule has 2 N–H and O–H groups in total. The van der Waals surface area contributed by atoms with Gasteiger partial charge in [-0.05, 0) is 34.7 Å². The van der Waals surface area contributed by atoms with E-state index in [0.717, 1.165) is 32.7 Å². The van der Waals surface area contributed by atoms with Crippen molar-refractivity contribution in [2.75, 3.05) is 19.7 Å². The first-order valence-corrected chi connectivity index (χ1v) is 12.7. The fraction of sp³-hybridized carbons (Fsp3) is 0.267. The number of alkyl carbamates (subject to hydrolysis) is 1. The van der Waals surface area contributed by atoms with Crippen LogP contribution in [0.4, 0.5) is 4.79 Å². The number of hydrogen-bond acceptors (Lipinski definition) is 6.